The Kier molecular flexibility index (Phi) is 6.07. The molecule has 2 amide bonds. The third-order valence-corrected chi connectivity index (χ3v) is 7.42. The van der Waals surface area contributed by atoms with E-state index in [9.17, 15) is 14.0 Å². The van der Waals surface area contributed by atoms with Crippen LogP contribution in [0, 0.1) is 11.7 Å². The molecule has 2 aromatic rings. The lowest BCUT2D eigenvalue weighted by Crippen LogP contribution is -2.57. The first-order valence-corrected chi connectivity index (χ1v) is 11.3. The van der Waals surface area contributed by atoms with Gasteiger partial charge in [0.15, 0.2) is 0 Å². The molecule has 2 aliphatic heterocycles. The van der Waals surface area contributed by atoms with Crippen molar-refractivity contribution in [1.82, 2.24) is 10.2 Å². The molecule has 4 rings (SSSR count). The second-order valence-electron chi connectivity index (χ2n) is 8.39. The highest BCUT2D eigenvalue weighted by Crippen LogP contribution is 2.45. The van der Waals surface area contributed by atoms with Gasteiger partial charge in [-0.2, -0.15) is 0 Å². The quantitative estimate of drug-likeness (QED) is 0.653. The van der Waals surface area contributed by atoms with Gasteiger partial charge >= 0.3 is 0 Å². The molecule has 1 N–H and O–H groups in total. The van der Waals surface area contributed by atoms with Crippen molar-refractivity contribution in [2.75, 3.05) is 13.1 Å². The number of halogens is 2. The van der Waals surface area contributed by atoms with Crippen molar-refractivity contribution < 1.29 is 14.0 Å². The molecule has 2 atom stereocenters. The number of amides is 2. The second-order valence-corrected chi connectivity index (χ2v) is 9.31. The molecule has 2 heterocycles. The lowest BCUT2D eigenvalue weighted by molar-refractivity contribution is -0.140. The van der Waals surface area contributed by atoms with Gasteiger partial charge in [0.1, 0.15) is 5.82 Å². The number of nitrogens with one attached hydrogen (secondary N) is 1. The summed E-state index contributed by atoms with van der Waals surface area (Å²) < 4.78 is 14.6. The highest BCUT2D eigenvalue weighted by Gasteiger charge is 2.50. The van der Waals surface area contributed by atoms with Gasteiger partial charge in [-0.25, -0.2) is 4.39 Å². The molecule has 0 spiro atoms. The zero-order valence-corrected chi connectivity index (χ0v) is 18.6. The molecule has 0 aromatic heterocycles. The first kappa shape index (κ1) is 21.2. The van der Waals surface area contributed by atoms with Gasteiger partial charge in [0.2, 0.25) is 11.8 Å². The number of hydrogen-bond donors (Lipinski definition) is 1. The SMILES string of the molecule is CC(c1ccc(Br)cc1)N1CCC(C2(c3ccc(F)cc3)CCC(=O)NC2=O)CC1. The van der Waals surface area contributed by atoms with Crippen molar-refractivity contribution in [2.45, 2.75) is 44.1 Å². The Hall–Kier alpha value is -2.05. The molecular weight excluding hydrogens is 447 g/mol. The predicted octanol–water partition coefficient (Wildman–Crippen LogP) is 4.74. The van der Waals surface area contributed by atoms with Crippen LogP contribution in [0.2, 0.25) is 0 Å². The van der Waals surface area contributed by atoms with Crippen LogP contribution >= 0.6 is 15.9 Å². The summed E-state index contributed by atoms with van der Waals surface area (Å²) in [5.41, 5.74) is 1.31. The van der Waals surface area contributed by atoms with Gasteiger partial charge in [-0.15, -0.1) is 0 Å². The Balaban J connectivity index is 1.55. The van der Waals surface area contributed by atoms with Crippen LogP contribution in [0.1, 0.15) is 49.8 Å². The summed E-state index contributed by atoms with van der Waals surface area (Å²) >= 11 is 3.49. The summed E-state index contributed by atoms with van der Waals surface area (Å²) in [7, 11) is 0. The van der Waals surface area contributed by atoms with E-state index in [1.54, 1.807) is 12.1 Å². The number of nitrogens with zero attached hydrogens (tertiary/aromatic N) is 1. The largest absolute Gasteiger partial charge is 0.297 e. The standard InChI is InChI=1S/C24H26BrFN2O2/c1-16(17-2-6-20(25)7-3-17)28-14-11-19(12-15-28)24(13-10-22(29)27-23(24)30)18-4-8-21(26)9-5-18/h2-9,16,19H,10-15H2,1H3,(H,27,29,30). The van der Waals surface area contributed by atoms with E-state index in [4.69, 9.17) is 0 Å². The molecule has 4 nitrogen and oxygen atoms in total. The lowest BCUT2D eigenvalue weighted by atomic mass is 9.62. The van der Waals surface area contributed by atoms with E-state index in [0.29, 0.717) is 18.9 Å². The Morgan fingerprint density at radius 2 is 1.70 bits per heavy atom. The van der Waals surface area contributed by atoms with Crippen LogP contribution in [0.3, 0.4) is 0 Å². The third-order valence-electron chi connectivity index (χ3n) is 6.89. The second kappa shape index (κ2) is 8.60. The summed E-state index contributed by atoms with van der Waals surface area (Å²) in [5, 5.41) is 2.56. The first-order valence-electron chi connectivity index (χ1n) is 10.5. The predicted molar refractivity (Wildman–Crippen MR) is 117 cm³/mol. The van der Waals surface area contributed by atoms with E-state index in [1.807, 2.05) is 0 Å². The lowest BCUT2D eigenvalue weighted by Gasteiger charge is -2.46. The van der Waals surface area contributed by atoms with Gasteiger partial charge in [-0.3, -0.25) is 19.8 Å². The highest BCUT2D eigenvalue weighted by molar-refractivity contribution is 9.10. The minimum Gasteiger partial charge on any atom is -0.297 e. The number of likely N-dealkylation sites (tertiary alicyclic amines) is 1. The highest BCUT2D eigenvalue weighted by atomic mass is 79.9. The Morgan fingerprint density at radius 3 is 2.30 bits per heavy atom. The van der Waals surface area contributed by atoms with Crippen LogP contribution in [0.15, 0.2) is 53.0 Å². The van der Waals surface area contributed by atoms with E-state index in [1.165, 1.54) is 17.7 Å². The van der Waals surface area contributed by atoms with E-state index in [-0.39, 0.29) is 23.5 Å². The number of rotatable bonds is 4. The Morgan fingerprint density at radius 1 is 1.07 bits per heavy atom. The van der Waals surface area contributed by atoms with Crippen molar-refractivity contribution >= 4 is 27.7 Å². The van der Waals surface area contributed by atoms with Crippen LogP contribution in [0.4, 0.5) is 4.39 Å². The summed E-state index contributed by atoms with van der Waals surface area (Å²) in [6, 6.07) is 14.9. The summed E-state index contributed by atoms with van der Waals surface area (Å²) in [6.45, 7) is 3.98. The average molecular weight is 473 g/mol. The Labute approximate surface area is 185 Å². The van der Waals surface area contributed by atoms with E-state index >= 15 is 0 Å². The molecule has 30 heavy (non-hydrogen) atoms. The average Bonchev–Trinajstić information content (AvgIpc) is 2.75. The maximum atomic E-state index is 13.5. The smallest absolute Gasteiger partial charge is 0.237 e. The third kappa shape index (κ3) is 3.95. The van der Waals surface area contributed by atoms with Crippen molar-refractivity contribution in [1.29, 1.82) is 0 Å². The molecule has 2 saturated heterocycles. The van der Waals surface area contributed by atoms with Gasteiger partial charge in [-0.05, 0) is 80.6 Å². The van der Waals surface area contributed by atoms with Crippen LogP contribution in [-0.4, -0.2) is 29.8 Å². The molecule has 2 aromatic carbocycles. The fraction of sp³-hybridized carbons (Fsp3) is 0.417. The van der Waals surface area contributed by atoms with Gasteiger partial charge in [0.25, 0.3) is 0 Å². The van der Waals surface area contributed by atoms with E-state index in [2.05, 4.69) is 57.3 Å². The van der Waals surface area contributed by atoms with Crippen molar-refractivity contribution in [2.24, 2.45) is 5.92 Å². The Bertz CT molecular complexity index is 923. The van der Waals surface area contributed by atoms with E-state index in [0.717, 1.165) is 36.0 Å². The molecule has 158 valence electrons. The molecule has 2 unspecified atom stereocenters. The fourth-order valence-electron chi connectivity index (χ4n) is 5.10. The zero-order valence-electron chi connectivity index (χ0n) is 17.0. The molecule has 2 aliphatic rings. The van der Waals surface area contributed by atoms with Crippen molar-refractivity contribution in [3.05, 3.63) is 69.9 Å². The summed E-state index contributed by atoms with van der Waals surface area (Å²) in [5.74, 6) is -0.660. The minimum atomic E-state index is -0.769. The van der Waals surface area contributed by atoms with Crippen LogP contribution < -0.4 is 5.32 Å². The van der Waals surface area contributed by atoms with Gasteiger partial charge < -0.3 is 0 Å². The number of carbonyl (C=O) groups is 2. The zero-order chi connectivity index (χ0) is 21.3. The number of piperidine rings is 2. The van der Waals surface area contributed by atoms with E-state index < -0.39 is 5.41 Å². The van der Waals surface area contributed by atoms with Crippen molar-refractivity contribution in [3.8, 4) is 0 Å². The number of hydrogen-bond acceptors (Lipinski definition) is 3. The molecule has 0 aliphatic carbocycles. The molecular formula is C24H26BrFN2O2. The first-order chi connectivity index (χ1) is 14.4. The van der Waals surface area contributed by atoms with Crippen LogP contribution in [0.25, 0.3) is 0 Å². The number of imide groups is 1. The number of carbonyl (C=O) groups excluding carboxylic acids is 2. The maximum absolute atomic E-state index is 13.5. The van der Waals surface area contributed by atoms with Crippen molar-refractivity contribution in [3.63, 3.8) is 0 Å². The van der Waals surface area contributed by atoms with Crippen LogP contribution in [0.5, 0.6) is 0 Å². The molecule has 6 heteroatoms. The molecule has 0 bridgehead atoms. The normalized spacial score (nSPS) is 24.5. The monoisotopic (exact) mass is 472 g/mol. The fourth-order valence-corrected chi connectivity index (χ4v) is 5.37. The molecule has 2 fully saturated rings. The van der Waals surface area contributed by atoms with Gasteiger partial charge in [0.05, 0.1) is 5.41 Å². The number of benzene rings is 2. The maximum Gasteiger partial charge on any atom is 0.237 e. The van der Waals surface area contributed by atoms with Gasteiger partial charge in [0, 0.05) is 16.9 Å². The minimum absolute atomic E-state index is 0.115. The topological polar surface area (TPSA) is 49.4 Å². The van der Waals surface area contributed by atoms with Gasteiger partial charge in [-0.1, -0.05) is 40.2 Å². The van der Waals surface area contributed by atoms with Crippen LogP contribution in [-0.2, 0) is 15.0 Å². The summed E-state index contributed by atoms with van der Waals surface area (Å²) in [6.07, 6.45) is 2.52. The summed E-state index contributed by atoms with van der Waals surface area (Å²) in [4.78, 5) is 27.4. The molecule has 0 radical (unpaired) electrons. The molecule has 0 saturated carbocycles.